The summed E-state index contributed by atoms with van der Waals surface area (Å²) in [5, 5.41) is 0. The van der Waals surface area contributed by atoms with E-state index in [-0.39, 0.29) is 25.8 Å². The summed E-state index contributed by atoms with van der Waals surface area (Å²) in [7, 11) is 0. The van der Waals surface area contributed by atoms with Gasteiger partial charge in [-0.3, -0.25) is 0 Å². The van der Waals surface area contributed by atoms with Crippen molar-refractivity contribution in [1.29, 1.82) is 0 Å². The highest BCUT2D eigenvalue weighted by Gasteiger charge is 2.50. The molecule has 0 saturated carbocycles. The van der Waals surface area contributed by atoms with Gasteiger partial charge in [0, 0.05) is 5.92 Å². The molecule has 29 heavy (non-hydrogen) atoms. The number of nitrogens with two attached hydrogens (primary N) is 1. The van der Waals surface area contributed by atoms with Crippen LogP contribution in [0, 0.1) is 5.92 Å². The van der Waals surface area contributed by atoms with Crippen molar-refractivity contribution < 1.29 is 26.3 Å². The first-order valence-corrected chi connectivity index (χ1v) is 11.4. The van der Waals surface area contributed by atoms with E-state index in [9.17, 15) is 26.3 Å². The molecular formula is C22H41F6N. The lowest BCUT2D eigenvalue weighted by molar-refractivity contribution is -0.192. The number of alkyl halides is 6. The number of hydrogen-bond acceptors (Lipinski definition) is 1. The predicted molar refractivity (Wildman–Crippen MR) is 108 cm³/mol. The zero-order chi connectivity index (χ0) is 22.2. The molecule has 7 heteroatoms. The Morgan fingerprint density at radius 2 is 1.07 bits per heavy atom. The van der Waals surface area contributed by atoms with Crippen molar-refractivity contribution in [2.75, 3.05) is 6.54 Å². The van der Waals surface area contributed by atoms with Gasteiger partial charge in [-0.2, -0.15) is 13.2 Å². The molecule has 0 aromatic rings. The van der Waals surface area contributed by atoms with Crippen LogP contribution in [-0.4, -0.2) is 24.8 Å². The molecule has 0 rings (SSSR count). The summed E-state index contributed by atoms with van der Waals surface area (Å²) in [6, 6.07) is 0. The standard InChI is InChI=1S/C22H41F6N/c1-2-3-4-5-6-7-8-9-10-11-12-13-15-19(16-14-17-29)22(27,28)20(23)18-21(24,25)26/h19-20H,2-18,29H2,1H3. The molecule has 1 nitrogen and oxygen atoms in total. The molecule has 0 radical (unpaired) electrons. The van der Waals surface area contributed by atoms with Crippen molar-refractivity contribution in [3.8, 4) is 0 Å². The van der Waals surface area contributed by atoms with Crippen LogP contribution in [0.25, 0.3) is 0 Å². The molecule has 0 aromatic carbocycles. The minimum atomic E-state index is -4.93. The van der Waals surface area contributed by atoms with Gasteiger partial charge >= 0.3 is 6.18 Å². The first-order chi connectivity index (χ1) is 13.6. The van der Waals surface area contributed by atoms with Gasteiger partial charge in [-0.25, -0.2) is 13.2 Å². The van der Waals surface area contributed by atoms with E-state index in [1.807, 2.05) is 0 Å². The minimum Gasteiger partial charge on any atom is -0.330 e. The third-order valence-corrected chi connectivity index (χ3v) is 5.54. The fourth-order valence-corrected chi connectivity index (χ4v) is 3.72. The zero-order valence-electron chi connectivity index (χ0n) is 18.0. The molecule has 0 aliphatic heterocycles. The number of unbranched alkanes of at least 4 members (excludes halogenated alkanes) is 11. The third-order valence-electron chi connectivity index (χ3n) is 5.54. The van der Waals surface area contributed by atoms with Crippen LogP contribution >= 0.6 is 0 Å². The van der Waals surface area contributed by atoms with Gasteiger partial charge in [0.25, 0.3) is 5.92 Å². The lowest BCUT2D eigenvalue weighted by Crippen LogP contribution is -2.41. The van der Waals surface area contributed by atoms with Crippen LogP contribution in [0.5, 0.6) is 0 Å². The van der Waals surface area contributed by atoms with Crippen LogP contribution in [0.2, 0.25) is 0 Å². The van der Waals surface area contributed by atoms with Crippen LogP contribution < -0.4 is 5.73 Å². The molecule has 2 N–H and O–H groups in total. The average molecular weight is 434 g/mol. The van der Waals surface area contributed by atoms with E-state index in [1.54, 1.807) is 0 Å². The fraction of sp³-hybridized carbons (Fsp3) is 1.00. The van der Waals surface area contributed by atoms with Crippen LogP contribution in [0.3, 0.4) is 0 Å². The monoisotopic (exact) mass is 433 g/mol. The quantitative estimate of drug-likeness (QED) is 0.161. The molecule has 0 aromatic heterocycles. The van der Waals surface area contributed by atoms with Crippen LogP contribution in [0.1, 0.15) is 110 Å². The highest BCUT2D eigenvalue weighted by molar-refractivity contribution is 4.86. The van der Waals surface area contributed by atoms with Crippen LogP contribution in [0.15, 0.2) is 0 Å². The first-order valence-electron chi connectivity index (χ1n) is 11.4. The molecule has 0 aliphatic rings. The van der Waals surface area contributed by atoms with Gasteiger partial charge in [0.2, 0.25) is 0 Å². The molecule has 176 valence electrons. The lowest BCUT2D eigenvalue weighted by Gasteiger charge is -2.30. The molecule has 0 saturated heterocycles. The molecule has 0 aliphatic carbocycles. The van der Waals surface area contributed by atoms with Crippen molar-refractivity contribution in [1.82, 2.24) is 0 Å². The second-order valence-electron chi connectivity index (χ2n) is 8.27. The van der Waals surface area contributed by atoms with Crippen molar-refractivity contribution in [2.45, 2.75) is 128 Å². The lowest BCUT2D eigenvalue weighted by atomic mass is 9.86. The molecule has 0 fully saturated rings. The molecule has 2 atom stereocenters. The van der Waals surface area contributed by atoms with E-state index >= 15 is 0 Å². The first kappa shape index (κ1) is 28.5. The van der Waals surface area contributed by atoms with Gasteiger partial charge in [0.15, 0.2) is 6.17 Å². The van der Waals surface area contributed by atoms with Gasteiger partial charge in [-0.15, -0.1) is 0 Å². The van der Waals surface area contributed by atoms with E-state index in [4.69, 9.17) is 5.73 Å². The maximum atomic E-state index is 14.2. The number of rotatable bonds is 19. The Morgan fingerprint density at radius 3 is 1.48 bits per heavy atom. The average Bonchev–Trinajstić information content (AvgIpc) is 2.63. The highest BCUT2D eigenvalue weighted by Crippen LogP contribution is 2.41. The minimum absolute atomic E-state index is 0.0419. The van der Waals surface area contributed by atoms with Gasteiger partial charge in [-0.1, -0.05) is 84.0 Å². The second kappa shape index (κ2) is 16.3. The van der Waals surface area contributed by atoms with Crippen LogP contribution in [-0.2, 0) is 0 Å². The molecule has 2 unspecified atom stereocenters. The van der Waals surface area contributed by atoms with Gasteiger partial charge in [0.05, 0.1) is 6.42 Å². The molecule has 0 bridgehead atoms. The van der Waals surface area contributed by atoms with Gasteiger partial charge in [0.1, 0.15) is 0 Å². The molecule has 0 heterocycles. The van der Waals surface area contributed by atoms with Crippen molar-refractivity contribution in [3.63, 3.8) is 0 Å². The van der Waals surface area contributed by atoms with E-state index in [1.165, 1.54) is 44.9 Å². The number of halogens is 6. The maximum Gasteiger partial charge on any atom is 0.392 e. The van der Waals surface area contributed by atoms with Gasteiger partial charge < -0.3 is 5.73 Å². The van der Waals surface area contributed by atoms with Crippen LogP contribution in [0.4, 0.5) is 26.3 Å². The molecule has 0 spiro atoms. The molecular weight excluding hydrogens is 392 g/mol. The molecule has 0 amide bonds. The maximum absolute atomic E-state index is 14.2. The summed E-state index contributed by atoms with van der Waals surface area (Å²) in [5.74, 6) is -5.35. The topological polar surface area (TPSA) is 26.0 Å². The zero-order valence-corrected chi connectivity index (χ0v) is 18.0. The van der Waals surface area contributed by atoms with E-state index in [0.29, 0.717) is 6.42 Å². The van der Waals surface area contributed by atoms with E-state index in [0.717, 1.165) is 25.7 Å². The Kier molecular flexibility index (Phi) is 16.0. The van der Waals surface area contributed by atoms with Crippen molar-refractivity contribution in [3.05, 3.63) is 0 Å². The predicted octanol–water partition coefficient (Wildman–Crippen LogP) is 8.36. The normalized spacial score (nSPS) is 14.9. The SMILES string of the molecule is CCCCCCCCCCCCCCC(CCCN)C(F)(F)C(F)CC(F)(F)F. The highest BCUT2D eigenvalue weighted by atomic mass is 19.4. The summed E-state index contributed by atoms with van der Waals surface area (Å²) in [6.45, 7) is 2.36. The Bertz CT molecular complexity index is 373. The Morgan fingerprint density at radius 1 is 0.655 bits per heavy atom. The van der Waals surface area contributed by atoms with E-state index < -0.39 is 30.6 Å². The van der Waals surface area contributed by atoms with Gasteiger partial charge in [-0.05, 0) is 25.8 Å². The summed E-state index contributed by atoms with van der Waals surface area (Å²) in [6.07, 6.45) is 3.17. The Hall–Kier alpha value is -0.460. The third kappa shape index (κ3) is 15.1. The van der Waals surface area contributed by atoms with Crippen molar-refractivity contribution in [2.24, 2.45) is 11.7 Å². The largest absolute Gasteiger partial charge is 0.392 e. The Labute approximate surface area is 173 Å². The second-order valence-corrected chi connectivity index (χ2v) is 8.27. The summed E-state index contributed by atoms with van der Waals surface area (Å²) in [4.78, 5) is 0. The smallest absolute Gasteiger partial charge is 0.330 e. The fourth-order valence-electron chi connectivity index (χ4n) is 3.72. The summed E-state index contributed by atoms with van der Waals surface area (Å²) in [5.41, 5.74) is 5.35. The number of hydrogen-bond donors (Lipinski definition) is 1. The summed E-state index contributed by atoms with van der Waals surface area (Å²) < 4.78 is 79.1. The van der Waals surface area contributed by atoms with Crippen molar-refractivity contribution >= 4 is 0 Å². The summed E-state index contributed by atoms with van der Waals surface area (Å²) >= 11 is 0. The Balaban J connectivity index is 4.08. The van der Waals surface area contributed by atoms with E-state index in [2.05, 4.69) is 6.92 Å².